The van der Waals surface area contributed by atoms with Crippen LogP contribution in [-0.4, -0.2) is 43.3 Å². The molecule has 1 saturated heterocycles. The second kappa shape index (κ2) is 7.94. The van der Waals surface area contributed by atoms with Crippen molar-refractivity contribution in [1.82, 2.24) is 4.90 Å². The molecular formula is C22H33NO3S. The van der Waals surface area contributed by atoms with Crippen molar-refractivity contribution < 1.29 is 13.2 Å². The van der Waals surface area contributed by atoms with Crippen LogP contribution in [-0.2, 0) is 33.9 Å². The van der Waals surface area contributed by atoms with E-state index in [1.807, 2.05) is 4.90 Å². The minimum absolute atomic E-state index is 0.181. The van der Waals surface area contributed by atoms with Crippen LogP contribution >= 0.6 is 0 Å². The first kappa shape index (κ1) is 20.4. The molecule has 1 heterocycles. The molecule has 0 saturated carbocycles. The molecule has 3 rings (SSSR count). The predicted octanol–water partition coefficient (Wildman–Crippen LogP) is 3.40. The quantitative estimate of drug-likeness (QED) is 0.773. The lowest BCUT2D eigenvalue weighted by molar-refractivity contribution is -0.131. The van der Waals surface area contributed by atoms with E-state index in [-0.39, 0.29) is 22.8 Å². The van der Waals surface area contributed by atoms with Crippen LogP contribution in [0.4, 0.5) is 0 Å². The van der Waals surface area contributed by atoms with Gasteiger partial charge < -0.3 is 4.90 Å². The lowest BCUT2D eigenvalue weighted by Crippen LogP contribution is -2.41. The average molecular weight is 392 g/mol. The van der Waals surface area contributed by atoms with Crippen molar-refractivity contribution in [1.29, 1.82) is 0 Å². The molecule has 0 atom stereocenters. The standard InChI is InChI=1S/C22H33NO3S/c1-15(2)27(25,26)14-18-8-10-23(11-9-18)22(24)13-19-12-16(3)20-6-5-7-21(20)17(19)4/h12,15,18H,5-11,13-14H2,1-4H3. The number of aryl methyl sites for hydroxylation is 1. The summed E-state index contributed by atoms with van der Waals surface area (Å²) in [6.07, 6.45) is 5.58. The van der Waals surface area contributed by atoms with E-state index in [1.165, 1.54) is 40.7 Å². The second-order valence-corrected chi connectivity index (χ2v) is 11.3. The number of carbonyl (C=O) groups is 1. The van der Waals surface area contributed by atoms with Gasteiger partial charge in [0.15, 0.2) is 9.84 Å². The van der Waals surface area contributed by atoms with E-state index in [0.29, 0.717) is 19.5 Å². The van der Waals surface area contributed by atoms with Crippen molar-refractivity contribution in [3.63, 3.8) is 0 Å². The summed E-state index contributed by atoms with van der Waals surface area (Å²) >= 11 is 0. The Labute approximate surface area is 164 Å². The van der Waals surface area contributed by atoms with Gasteiger partial charge in [-0.15, -0.1) is 0 Å². The molecule has 1 fully saturated rings. The summed E-state index contributed by atoms with van der Waals surface area (Å²) in [6, 6.07) is 2.21. The number of fused-ring (bicyclic) bond motifs is 1. The minimum atomic E-state index is -3.00. The SMILES string of the molecule is Cc1cc(CC(=O)N2CCC(CS(=O)(=O)C(C)C)CC2)c(C)c2c1CCC2. The molecule has 0 radical (unpaired) electrons. The van der Waals surface area contributed by atoms with Crippen molar-refractivity contribution in [2.75, 3.05) is 18.8 Å². The van der Waals surface area contributed by atoms with E-state index >= 15 is 0 Å². The largest absolute Gasteiger partial charge is 0.342 e. The Hall–Kier alpha value is -1.36. The zero-order valence-corrected chi connectivity index (χ0v) is 18.0. The number of amides is 1. The molecule has 0 bridgehead atoms. The maximum atomic E-state index is 12.8. The van der Waals surface area contributed by atoms with E-state index in [1.54, 1.807) is 13.8 Å². The van der Waals surface area contributed by atoms with Crippen LogP contribution in [0.2, 0.25) is 0 Å². The lowest BCUT2D eigenvalue weighted by atomic mass is 9.92. The van der Waals surface area contributed by atoms with Gasteiger partial charge in [0.2, 0.25) is 5.91 Å². The second-order valence-electron chi connectivity index (χ2n) is 8.67. The molecule has 5 heteroatoms. The van der Waals surface area contributed by atoms with Gasteiger partial charge in [-0.3, -0.25) is 4.79 Å². The van der Waals surface area contributed by atoms with Crippen molar-refractivity contribution in [3.05, 3.63) is 33.9 Å². The molecule has 1 amide bonds. The number of likely N-dealkylation sites (tertiary alicyclic amines) is 1. The first-order valence-electron chi connectivity index (χ1n) is 10.3. The highest BCUT2D eigenvalue weighted by Gasteiger charge is 2.28. The number of piperidine rings is 1. The first-order chi connectivity index (χ1) is 12.7. The van der Waals surface area contributed by atoms with Crippen molar-refractivity contribution in [3.8, 4) is 0 Å². The molecule has 4 nitrogen and oxygen atoms in total. The Morgan fingerprint density at radius 1 is 1.15 bits per heavy atom. The van der Waals surface area contributed by atoms with Crippen LogP contribution in [0.5, 0.6) is 0 Å². The van der Waals surface area contributed by atoms with E-state index in [9.17, 15) is 13.2 Å². The fraction of sp³-hybridized carbons (Fsp3) is 0.682. The van der Waals surface area contributed by atoms with Gasteiger partial charge in [0.05, 0.1) is 17.4 Å². The van der Waals surface area contributed by atoms with E-state index in [0.717, 1.165) is 19.3 Å². The number of sulfone groups is 1. The van der Waals surface area contributed by atoms with Crippen molar-refractivity contribution in [2.45, 2.75) is 71.5 Å². The van der Waals surface area contributed by atoms with Gasteiger partial charge in [-0.05, 0) is 93.5 Å². The van der Waals surface area contributed by atoms with Crippen LogP contribution in [0.25, 0.3) is 0 Å². The van der Waals surface area contributed by atoms with Crippen molar-refractivity contribution >= 4 is 15.7 Å². The highest BCUT2D eigenvalue weighted by molar-refractivity contribution is 7.91. The summed E-state index contributed by atoms with van der Waals surface area (Å²) in [5, 5.41) is -0.316. The lowest BCUT2D eigenvalue weighted by Gasteiger charge is -2.32. The van der Waals surface area contributed by atoms with Gasteiger partial charge in [0.25, 0.3) is 0 Å². The summed E-state index contributed by atoms with van der Waals surface area (Å²) in [6.45, 7) is 9.18. The summed E-state index contributed by atoms with van der Waals surface area (Å²) in [4.78, 5) is 14.8. The van der Waals surface area contributed by atoms with E-state index in [2.05, 4.69) is 19.9 Å². The van der Waals surface area contributed by atoms with Crippen LogP contribution in [0, 0.1) is 19.8 Å². The first-order valence-corrected chi connectivity index (χ1v) is 12.0. The zero-order valence-electron chi connectivity index (χ0n) is 17.2. The van der Waals surface area contributed by atoms with Crippen LogP contribution < -0.4 is 0 Å². The fourth-order valence-corrected chi connectivity index (χ4v) is 5.95. The van der Waals surface area contributed by atoms with Crippen molar-refractivity contribution in [2.24, 2.45) is 5.92 Å². The fourth-order valence-electron chi connectivity index (χ4n) is 4.57. The predicted molar refractivity (Wildman–Crippen MR) is 110 cm³/mol. The summed E-state index contributed by atoms with van der Waals surface area (Å²) in [5.74, 6) is 0.626. The summed E-state index contributed by atoms with van der Waals surface area (Å²) in [7, 11) is -3.00. The topological polar surface area (TPSA) is 54.5 Å². The van der Waals surface area contributed by atoms with E-state index < -0.39 is 9.84 Å². The molecule has 1 aromatic carbocycles. The smallest absolute Gasteiger partial charge is 0.226 e. The number of benzene rings is 1. The third kappa shape index (κ3) is 4.39. The van der Waals surface area contributed by atoms with Crippen LogP contribution in [0.3, 0.4) is 0 Å². The molecule has 27 heavy (non-hydrogen) atoms. The highest BCUT2D eigenvalue weighted by Crippen LogP contribution is 2.31. The maximum absolute atomic E-state index is 12.8. The highest BCUT2D eigenvalue weighted by atomic mass is 32.2. The Morgan fingerprint density at radius 2 is 1.78 bits per heavy atom. The average Bonchev–Trinajstić information content (AvgIpc) is 3.10. The molecule has 1 aliphatic heterocycles. The van der Waals surface area contributed by atoms with Crippen LogP contribution in [0.15, 0.2) is 6.07 Å². The summed E-state index contributed by atoms with van der Waals surface area (Å²) in [5.41, 5.74) is 6.77. The summed E-state index contributed by atoms with van der Waals surface area (Å²) < 4.78 is 24.3. The molecule has 2 aliphatic rings. The Bertz CT molecular complexity index is 818. The van der Waals surface area contributed by atoms with Gasteiger partial charge in [-0.25, -0.2) is 8.42 Å². The van der Waals surface area contributed by atoms with Crippen LogP contribution in [0.1, 0.15) is 60.9 Å². The Morgan fingerprint density at radius 3 is 2.41 bits per heavy atom. The molecule has 150 valence electrons. The Balaban J connectivity index is 1.60. The van der Waals surface area contributed by atoms with Gasteiger partial charge in [-0.2, -0.15) is 0 Å². The van der Waals surface area contributed by atoms with E-state index in [4.69, 9.17) is 0 Å². The zero-order chi connectivity index (χ0) is 19.8. The number of carbonyl (C=O) groups excluding carboxylic acids is 1. The number of nitrogens with zero attached hydrogens (tertiary/aromatic N) is 1. The number of rotatable bonds is 5. The van der Waals surface area contributed by atoms with Gasteiger partial charge in [0.1, 0.15) is 0 Å². The molecule has 0 N–H and O–H groups in total. The maximum Gasteiger partial charge on any atom is 0.226 e. The molecule has 1 aromatic rings. The third-order valence-corrected chi connectivity index (χ3v) is 8.89. The Kier molecular flexibility index (Phi) is 5.99. The normalized spacial score (nSPS) is 18.2. The third-order valence-electron chi connectivity index (χ3n) is 6.51. The van der Waals surface area contributed by atoms with Gasteiger partial charge >= 0.3 is 0 Å². The molecule has 0 aromatic heterocycles. The molecule has 1 aliphatic carbocycles. The minimum Gasteiger partial charge on any atom is -0.342 e. The number of hydrogen-bond acceptors (Lipinski definition) is 3. The molecule has 0 unspecified atom stereocenters. The van der Waals surface area contributed by atoms with Gasteiger partial charge in [-0.1, -0.05) is 6.07 Å². The van der Waals surface area contributed by atoms with Gasteiger partial charge in [0, 0.05) is 13.1 Å². The molecule has 0 spiro atoms. The molecular weight excluding hydrogens is 358 g/mol. The monoisotopic (exact) mass is 391 g/mol. The number of hydrogen-bond donors (Lipinski definition) is 0.